The van der Waals surface area contributed by atoms with E-state index in [1.807, 2.05) is 37.3 Å². The van der Waals surface area contributed by atoms with Crippen molar-refractivity contribution in [2.45, 2.75) is 13.5 Å². The van der Waals surface area contributed by atoms with Crippen LogP contribution in [0.4, 0.5) is 0 Å². The van der Waals surface area contributed by atoms with Gasteiger partial charge < -0.3 is 9.73 Å². The van der Waals surface area contributed by atoms with Gasteiger partial charge >= 0.3 is 0 Å². The van der Waals surface area contributed by atoms with E-state index in [-0.39, 0.29) is 11.0 Å². The Morgan fingerprint density at radius 1 is 1.29 bits per heavy atom. The molecule has 0 atom stereocenters. The number of carbonyl (C=O) groups excluding carboxylic acids is 1. The summed E-state index contributed by atoms with van der Waals surface area (Å²) in [6, 6.07) is 11.5. The Labute approximate surface area is 128 Å². The zero-order valence-electron chi connectivity index (χ0n) is 11.6. The van der Waals surface area contributed by atoms with Crippen molar-refractivity contribution < 1.29 is 9.21 Å². The van der Waals surface area contributed by atoms with Gasteiger partial charge in [0.2, 0.25) is 5.91 Å². The summed E-state index contributed by atoms with van der Waals surface area (Å²) in [5.41, 5.74) is 2.14. The zero-order chi connectivity index (χ0) is 15.1. The van der Waals surface area contributed by atoms with E-state index in [4.69, 9.17) is 16.6 Å². The number of aryl methyl sites for hydroxylation is 1. The van der Waals surface area contributed by atoms with Gasteiger partial charge in [0.1, 0.15) is 5.76 Å². The maximum atomic E-state index is 11.7. The van der Waals surface area contributed by atoms with Crippen molar-refractivity contribution in [1.82, 2.24) is 10.6 Å². The predicted molar refractivity (Wildman–Crippen MR) is 86.5 cm³/mol. The topological polar surface area (TPSA) is 54.3 Å². The van der Waals surface area contributed by atoms with Crippen LogP contribution < -0.4 is 10.6 Å². The lowest BCUT2D eigenvalue weighted by atomic mass is 10.1. The molecule has 21 heavy (non-hydrogen) atoms. The summed E-state index contributed by atoms with van der Waals surface area (Å²) in [5, 5.41) is 5.74. The van der Waals surface area contributed by atoms with Gasteiger partial charge in [-0.2, -0.15) is 0 Å². The Morgan fingerprint density at radius 2 is 2.05 bits per heavy atom. The second kappa shape index (κ2) is 7.40. The number of amides is 1. The molecule has 1 heterocycles. The number of benzene rings is 1. The van der Waals surface area contributed by atoms with Crippen LogP contribution in [0.5, 0.6) is 0 Å². The molecule has 2 aromatic rings. The Bertz CT molecular complexity index is 631. The van der Waals surface area contributed by atoms with Crippen LogP contribution in [-0.4, -0.2) is 11.0 Å². The highest BCUT2D eigenvalue weighted by Gasteiger charge is 2.01. The van der Waals surface area contributed by atoms with Gasteiger partial charge in [0.05, 0.1) is 12.8 Å². The van der Waals surface area contributed by atoms with Gasteiger partial charge in [-0.3, -0.25) is 10.1 Å². The number of hydrogen-bond acceptors (Lipinski definition) is 3. The third-order valence-corrected chi connectivity index (χ3v) is 2.99. The molecule has 0 aliphatic carbocycles. The van der Waals surface area contributed by atoms with Crippen molar-refractivity contribution in [2.75, 3.05) is 0 Å². The van der Waals surface area contributed by atoms with Crippen molar-refractivity contribution in [3.8, 4) is 0 Å². The van der Waals surface area contributed by atoms with E-state index in [0.29, 0.717) is 6.54 Å². The minimum Gasteiger partial charge on any atom is -0.467 e. The molecule has 4 nitrogen and oxygen atoms in total. The summed E-state index contributed by atoms with van der Waals surface area (Å²) < 4.78 is 5.16. The molecule has 0 aliphatic rings. The first-order valence-corrected chi connectivity index (χ1v) is 6.90. The first-order valence-electron chi connectivity index (χ1n) is 6.49. The van der Waals surface area contributed by atoms with Crippen LogP contribution in [0.3, 0.4) is 0 Å². The van der Waals surface area contributed by atoms with Crippen LogP contribution >= 0.6 is 12.2 Å². The van der Waals surface area contributed by atoms with Crippen molar-refractivity contribution >= 4 is 29.3 Å². The molecule has 0 saturated heterocycles. The summed E-state index contributed by atoms with van der Waals surface area (Å²) in [4.78, 5) is 11.7. The normalized spacial score (nSPS) is 10.5. The first-order chi connectivity index (χ1) is 10.1. The zero-order valence-corrected chi connectivity index (χ0v) is 12.4. The van der Waals surface area contributed by atoms with Crippen molar-refractivity contribution in [3.63, 3.8) is 0 Å². The summed E-state index contributed by atoms with van der Waals surface area (Å²) >= 11 is 5.03. The summed E-state index contributed by atoms with van der Waals surface area (Å²) in [5.74, 6) is 0.481. The van der Waals surface area contributed by atoms with E-state index in [1.165, 1.54) is 11.6 Å². The smallest absolute Gasteiger partial charge is 0.250 e. The second-order valence-corrected chi connectivity index (χ2v) is 4.90. The fraction of sp³-hybridized carbons (Fsp3) is 0.125. The highest BCUT2D eigenvalue weighted by molar-refractivity contribution is 7.80. The van der Waals surface area contributed by atoms with Crippen LogP contribution in [-0.2, 0) is 11.3 Å². The highest BCUT2D eigenvalue weighted by Crippen LogP contribution is 2.04. The quantitative estimate of drug-likeness (QED) is 0.673. The van der Waals surface area contributed by atoms with Crippen LogP contribution in [0.15, 0.2) is 53.2 Å². The number of rotatable bonds is 4. The number of nitrogens with one attached hydrogen (secondary N) is 2. The average molecular weight is 300 g/mol. The number of thiocarbonyl (C=S) groups is 1. The standard InChI is InChI=1S/C16H16N2O2S/c1-12-4-6-13(7-5-12)8-9-15(19)18-16(21)17-11-14-3-2-10-20-14/h2-10H,11H2,1H3,(H2,17,18,19,21). The minimum atomic E-state index is -0.271. The maximum absolute atomic E-state index is 11.7. The molecule has 0 radical (unpaired) electrons. The van der Waals surface area contributed by atoms with Gasteiger partial charge in [-0.1, -0.05) is 29.8 Å². The third kappa shape index (κ3) is 5.24. The molecule has 1 aromatic carbocycles. The van der Waals surface area contributed by atoms with E-state index in [1.54, 1.807) is 18.4 Å². The fourth-order valence-corrected chi connectivity index (χ4v) is 1.80. The minimum absolute atomic E-state index is 0.268. The molecule has 0 aliphatic heterocycles. The lowest BCUT2D eigenvalue weighted by molar-refractivity contribution is -0.115. The average Bonchev–Trinajstić information content (AvgIpc) is 2.98. The molecule has 0 unspecified atom stereocenters. The first kappa shape index (κ1) is 15.0. The van der Waals surface area contributed by atoms with Crippen LogP contribution in [0.25, 0.3) is 6.08 Å². The van der Waals surface area contributed by atoms with E-state index in [2.05, 4.69) is 10.6 Å². The van der Waals surface area contributed by atoms with Crippen molar-refractivity contribution in [3.05, 3.63) is 65.6 Å². The SMILES string of the molecule is Cc1ccc(C=CC(=O)NC(=S)NCc2ccco2)cc1. The van der Waals surface area contributed by atoms with Crippen molar-refractivity contribution in [2.24, 2.45) is 0 Å². The molecular weight excluding hydrogens is 284 g/mol. The molecule has 2 rings (SSSR count). The summed E-state index contributed by atoms with van der Waals surface area (Å²) in [7, 11) is 0. The summed E-state index contributed by atoms with van der Waals surface area (Å²) in [6.45, 7) is 2.46. The van der Waals surface area contributed by atoms with Gasteiger partial charge in [0.15, 0.2) is 5.11 Å². The van der Waals surface area contributed by atoms with Gasteiger partial charge in [0.25, 0.3) is 0 Å². The molecule has 0 bridgehead atoms. The van der Waals surface area contributed by atoms with E-state index >= 15 is 0 Å². The van der Waals surface area contributed by atoms with Crippen LogP contribution in [0.2, 0.25) is 0 Å². The molecule has 1 amide bonds. The van der Waals surface area contributed by atoms with Crippen LogP contribution in [0, 0.1) is 6.92 Å². The maximum Gasteiger partial charge on any atom is 0.250 e. The van der Waals surface area contributed by atoms with Crippen LogP contribution in [0.1, 0.15) is 16.9 Å². The number of hydrogen-bond donors (Lipinski definition) is 2. The lowest BCUT2D eigenvalue weighted by Gasteiger charge is -2.06. The molecule has 1 aromatic heterocycles. The fourth-order valence-electron chi connectivity index (χ4n) is 1.63. The molecule has 0 spiro atoms. The van der Waals surface area contributed by atoms with Gasteiger partial charge in [-0.05, 0) is 42.9 Å². The van der Waals surface area contributed by atoms with Gasteiger partial charge in [-0.15, -0.1) is 0 Å². The second-order valence-electron chi connectivity index (χ2n) is 4.50. The Morgan fingerprint density at radius 3 is 2.71 bits per heavy atom. The van der Waals surface area contributed by atoms with E-state index < -0.39 is 0 Å². The third-order valence-electron chi connectivity index (χ3n) is 2.74. The molecule has 108 valence electrons. The molecule has 0 saturated carbocycles. The number of furan rings is 1. The van der Waals surface area contributed by atoms with Gasteiger partial charge in [-0.25, -0.2) is 0 Å². The largest absolute Gasteiger partial charge is 0.467 e. The molecule has 2 N–H and O–H groups in total. The van der Waals surface area contributed by atoms with Gasteiger partial charge in [0, 0.05) is 6.08 Å². The van der Waals surface area contributed by atoms with E-state index in [9.17, 15) is 4.79 Å². The van der Waals surface area contributed by atoms with E-state index in [0.717, 1.165) is 11.3 Å². The summed E-state index contributed by atoms with van der Waals surface area (Å²) in [6.07, 6.45) is 4.78. The molecular formula is C16H16N2O2S. The molecule has 5 heteroatoms. The predicted octanol–water partition coefficient (Wildman–Crippen LogP) is 2.79. The Kier molecular flexibility index (Phi) is 5.29. The monoisotopic (exact) mass is 300 g/mol. The number of carbonyl (C=O) groups is 1. The van der Waals surface area contributed by atoms with Crippen molar-refractivity contribution in [1.29, 1.82) is 0 Å². The molecule has 0 fully saturated rings. The Balaban J connectivity index is 1.78. The lowest BCUT2D eigenvalue weighted by Crippen LogP contribution is -2.37. The Hall–Kier alpha value is -2.40. The highest BCUT2D eigenvalue weighted by atomic mass is 32.1.